The molecule has 3 heterocycles. The molecule has 1 amide bonds. The Labute approximate surface area is 198 Å². The molecule has 10 heteroatoms. The quantitative estimate of drug-likeness (QED) is 0.316. The summed E-state index contributed by atoms with van der Waals surface area (Å²) in [5.41, 5.74) is 2.46. The Morgan fingerprint density at radius 1 is 1.18 bits per heavy atom. The van der Waals surface area contributed by atoms with Crippen molar-refractivity contribution < 1.29 is 14.1 Å². The number of nitro groups is 1. The minimum absolute atomic E-state index is 0.0429. The third-order valence-corrected chi connectivity index (χ3v) is 6.21. The Bertz CT molecular complexity index is 1440. The summed E-state index contributed by atoms with van der Waals surface area (Å²) in [6, 6.07) is 17.6. The Balaban J connectivity index is 1.41. The molecule has 0 unspecified atom stereocenters. The van der Waals surface area contributed by atoms with E-state index >= 15 is 0 Å². The van der Waals surface area contributed by atoms with E-state index in [1.807, 2.05) is 37.3 Å². The molecule has 0 saturated carbocycles. The van der Waals surface area contributed by atoms with Crippen molar-refractivity contribution in [2.24, 2.45) is 10.1 Å². The molecule has 2 aliphatic rings. The number of aryl methyl sites for hydroxylation is 1. The number of hydrogen-bond donors (Lipinski definition) is 1. The van der Waals surface area contributed by atoms with Crippen LogP contribution in [-0.2, 0) is 11.2 Å². The van der Waals surface area contributed by atoms with E-state index in [0.717, 1.165) is 16.2 Å². The molecule has 0 saturated heterocycles. The van der Waals surface area contributed by atoms with Crippen molar-refractivity contribution in [2.45, 2.75) is 13.3 Å². The van der Waals surface area contributed by atoms with E-state index in [1.165, 1.54) is 35.0 Å². The average molecular weight is 471 g/mol. The predicted octanol–water partition coefficient (Wildman–Crippen LogP) is 5.03. The summed E-state index contributed by atoms with van der Waals surface area (Å²) < 4.78 is 5.84. The fourth-order valence-corrected chi connectivity index (χ4v) is 4.50. The number of benzene rings is 2. The molecule has 1 aromatic heterocycles. The van der Waals surface area contributed by atoms with E-state index in [1.54, 1.807) is 18.2 Å². The number of rotatable bonds is 5. The Kier molecular flexibility index (Phi) is 5.42. The number of hydrazone groups is 1. The summed E-state index contributed by atoms with van der Waals surface area (Å²) in [6.45, 7) is 1.83. The van der Waals surface area contributed by atoms with Gasteiger partial charge in [0, 0.05) is 24.1 Å². The maximum atomic E-state index is 12.7. The van der Waals surface area contributed by atoms with Crippen LogP contribution in [0.1, 0.15) is 16.9 Å². The Morgan fingerprint density at radius 2 is 1.97 bits per heavy atom. The average Bonchev–Trinajstić information content (AvgIpc) is 3.44. The van der Waals surface area contributed by atoms with Gasteiger partial charge < -0.3 is 4.42 Å². The number of thioether (sulfide) groups is 1. The van der Waals surface area contributed by atoms with Crippen molar-refractivity contribution in [2.75, 3.05) is 0 Å². The number of fused-ring (bicyclic) bond motifs is 1. The molecule has 3 aromatic rings. The number of hydrogen-bond acceptors (Lipinski definition) is 7. The third-order valence-electron chi connectivity index (χ3n) is 5.31. The lowest BCUT2D eigenvalue weighted by atomic mass is 10.1. The number of carbonyl (C=O) groups excluding carboxylic acids is 1. The predicted molar refractivity (Wildman–Crippen MR) is 131 cm³/mol. The number of amides is 1. The Morgan fingerprint density at radius 3 is 2.74 bits per heavy atom. The summed E-state index contributed by atoms with van der Waals surface area (Å²) in [5, 5.41) is 26.6. The normalized spacial score (nSPS) is 16.5. The van der Waals surface area contributed by atoms with Gasteiger partial charge in [-0.25, -0.2) is 0 Å². The van der Waals surface area contributed by atoms with E-state index in [4.69, 9.17) is 9.83 Å². The van der Waals surface area contributed by atoms with Crippen molar-refractivity contribution in [3.05, 3.63) is 93.2 Å². The zero-order valence-corrected chi connectivity index (χ0v) is 18.7. The minimum Gasteiger partial charge on any atom is -0.457 e. The van der Waals surface area contributed by atoms with Gasteiger partial charge in [-0.2, -0.15) is 15.1 Å². The van der Waals surface area contributed by atoms with Gasteiger partial charge in [0.05, 0.1) is 10.5 Å². The lowest BCUT2D eigenvalue weighted by Crippen LogP contribution is -2.35. The zero-order valence-electron chi connectivity index (χ0n) is 17.9. The van der Waals surface area contributed by atoms with Gasteiger partial charge in [0.1, 0.15) is 16.6 Å². The number of amidine groups is 2. The highest BCUT2D eigenvalue weighted by Crippen LogP contribution is 2.32. The van der Waals surface area contributed by atoms with Gasteiger partial charge in [-0.05, 0) is 48.0 Å². The number of aliphatic imine (C=N–C) groups is 1. The molecular formula is C24H17N5O4S. The van der Waals surface area contributed by atoms with Crippen LogP contribution in [0.5, 0.6) is 0 Å². The second-order valence-electron chi connectivity index (χ2n) is 7.63. The van der Waals surface area contributed by atoms with Gasteiger partial charge in [0.2, 0.25) is 5.17 Å². The molecule has 0 fully saturated rings. The van der Waals surface area contributed by atoms with E-state index in [2.05, 4.69) is 10.1 Å². The van der Waals surface area contributed by atoms with Crippen LogP contribution in [0.25, 0.3) is 17.4 Å². The van der Waals surface area contributed by atoms with E-state index < -0.39 is 10.8 Å². The van der Waals surface area contributed by atoms with Crippen molar-refractivity contribution in [3.8, 4) is 11.3 Å². The molecule has 2 aromatic carbocycles. The molecule has 2 aliphatic heterocycles. The first-order chi connectivity index (χ1) is 16.4. The molecule has 0 bridgehead atoms. The maximum Gasteiger partial charge on any atom is 0.283 e. The highest BCUT2D eigenvalue weighted by atomic mass is 32.2. The number of non-ortho nitro benzene ring substituents is 1. The first kappa shape index (κ1) is 21.5. The standard InChI is InChI=1S/C24H17N5O4S/c1-14-7-8-16(29(31)32)12-18(14)20-10-9-17(33-20)13-19-22(25)28-24(26-23(19)30)34-21(27-28)11-15-5-3-2-4-6-15/h2-10,12-13,25H,11H2,1H3/b19-13+,25-22?. The molecule has 0 atom stereocenters. The number of nitrogens with one attached hydrogen (secondary N) is 1. The number of furan rings is 1. The highest BCUT2D eigenvalue weighted by Gasteiger charge is 2.35. The first-order valence-corrected chi connectivity index (χ1v) is 11.1. The summed E-state index contributed by atoms with van der Waals surface area (Å²) in [6.07, 6.45) is 2.02. The zero-order chi connectivity index (χ0) is 23.8. The summed E-state index contributed by atoms with van der Waals surface area (Å²) >= 11 is 1.27. The molecule has 1 N–H and O–H groups in total. The lowest BCUT2D eigenvalue weighted by molar-refractivity contribution is -0.384. The van der Waals surface area contributed by atoms with Crippen molar-refractivity contribution in [3.63, 3.8) is 0 Å². The van der Waals surface area contributed by atoms with Crippen LogP contribution in [0.2, 0.25) is 0 Å². The van der Waals surface area contributed by atoms with E-state index in [9.17, 15) is 14.9 Å². The van der Waals surface area contributed by atoms with Crippen LogP contribution in [0.3, 0.4) is 0 Å². The molecular weight excluding hydrogens is 454 g/mol. The van der Waals surface area contributed by atoms with Crippen LogP contribution < -0.4 is 0 Å². The van der Waals surface area contributed by atoms with Crippen LogP contribution in [0.4, 0.5) is 5.69 Å². The van der Waals surface area contributed by atoms with Gasteiger partial charge in [0.25, 0.3) is 11.6 Å². The largest absolute Gasteiger partial charge is 0.457 e. The SMILES string of the molecule is Cc1ccc([N+](=O)[O-])cc1-c1ccc(/C=C2\C(=N)N3N=C(Cc4ccccc4)SC3=NC2=O)o1. The summed E-state index contributed by atoms with van der Waals surface area (Å²) in [7, 11) is 0. The highest BCUT2D eigenvalue weighted by molar-refractivity contribution is 8.26. The van der Waals surface area contributed by atoms with Crippen LogP contribution >= 0.6 is 11.8 Å². The fraction of sp³-hybridized carbons (Fsp3) is 0.0833. The van der Waals surface area contributed by atoms with Crippen molar-refractivity contribution in [1.82, 2.24) is 5.01 Å². The van der Waals surface area contributed by atoms with Gasteiger partial charge >= 0.3 is 0 Å². The minimum atomic E-state index is -0.551. The van der Waals surface area contributed by atoms with Crippen molar-refractivity contribution in [1.29, 1.82) is 5.41 Å². The topological polar surface area (TPSA) is 125 Å². The van der Waals surface area contributed by atoms with Gasteiger partial charge in [-0.3, -0.25) is 20.3 Å². The van der Waals surface area contributed by atoms with Crippen LogP contribution in [0.15, 0.2) is 80.7 Å². The second-order valence-corrected chi connectivity index (χ2v) is 8.67. The third kappa shape index (κ3) is 4.06. The van der Waals surface area contributed by atoms with Gasteiger partial charge in [-0.15, -0.1) is 0 Å². The van der Waals surface area contributed by atoms with Crippen molar-refractivity contribution >= 4 is 45.5 Å². The summed E-state index contributed by atoms with van der Waals surface area (Å²) in [5.74, 6) is 0.111. The summed E-state index contributed by atoms with van der Waals surface area (Å²) in [4.78, 5) is 27.4. The maximum absolute atomic E-state index is 12.7. The number of nitrogens with zero attached hydrogens (tertiary/aromatic N) is 4. The van der Waals surface area contributed by atoms with E-state index in [-0.39, 0.29) is 17.1 Å². The molecule has 0 spiro atoms. The lowest BCUT2D eigenvalue weighted by Gasteiger charge is -2.19. The first-order valence-electron chi connectivity index (χ1n) is 10.3. The van der Waals surface area contributed by atoms with Crippen LogP contribution in [0, 0.1) is 22.4 Å². The molecule has 5 rings (SSSR count). The molecule has 9 nitrogen and oxygen atoms in total. The Hall–Kier alpha value is -4.31. The van der Waals surface area contributed by atoms with Gasteiger partial charge in [-0.1, -0.05) is 36.4 Å². The number of carbonyl (C=O) groups is 1. The molecule has 34 heavy (non-hydrogen) atoms. The monoisotopic (exact) mass is 471 g/mol. The molecule has 0 radical (unpaired) electrons. The molecule has 0 aliphatic carbocycles. The number of nitro benzene ring substituents is 1. The smallest absolute Gasteiger partial charge is 0.283 e. The second kappa shape index (κ2) is 8.56. The van der Waals surface area contributed by atoms with E-state index in [0.29, 0.717) is 28.7 Å². The van der Waals surface area contributed by atoms with Gasteiger partial charge in [0.15, 0.2) is 5.84 Å². The van der Waals surface area contributed by atoms with Crippen LogP contribution in [-0.4, -0.2) is 31.9 Å². The fourth-order valence-electron chi connectivity index (χ4n) is 3.58. The molecule has 168 valence electrons.